The van der Waals surface area contributed by atoms with E-state index in [1.165, 1.54) is 0 Å². The molecule has 0 fully saturated rings. The minimum absolute atomic E-state index is 0.109. The predicted octanol–water partition coefficient (Wildman–Crippen LogP) is 5.26. The van der Waals surface area contributed by atoms with Gasteiger partial charge in [-0.25, -0.2) is 0 Å². The second-order valence-electron chi connectivity index (χ2n) is 5.05. The Kier molecular flexibility index (Phi) is 3.90. The third-order valence-electron chi connectivity index (χ3n) is 3.07. The minimum atomic E-state index is -4.27. The number of halogens is 3. The molecule has 1 aromatic rings. The lowest BCUT2D eigenvalue weighted by Gasteiger charge is -2.22. The van der Waals surface area contributed by atoms with E-state index in [4.69, 9.17) is 0 Å². The summed E-state index contributed by atoms with van der Waals surface area (Å²) < 4.78 is 39.3. The van der Waals surface area contributed by atoms with E-state index in [0.29, 0.717) is 11.1 Å². The van der Waals surface area contributed by atoms with E-state index >= 15 is 0 Å². The van der Waals surface area contributed by atoms with Crippen LogP contribution >= 0.6 is 0 Å². The Morgan fingerprint density at radius 3 is 1.65 bits per heavy atom. The summed E-state index contributed by atoms with van der Waals surface area (Å²) >= 11 is 0. The molecular formula is C14H19F3. The molecule has 3 heteroatoms. The molecule has 0 amide bonds. The van der Waals surface area contributed by atoms with Crippen LogP contribution in [0.1, 0.15) is 61.8 Å². The molecule has 0 N–H and O–H groups in total. The Balaban J connectivity index is 3.54. The average Bonchev–Trinajstić information content (AvgIpc) is 2.14. The molecular weight excluding hydrogens is 225 g/mol. The Bertz CT molecular complexity index is 401. The van der Waals surface area contributed by atoms with Gasteiger partial charge in [0.25, 0.3) is 0 Å². The summed E-state index contributed by atoms with van der Waals surface area (Å²) in [5.74, 6) is -0.0103. The van der Waals surface area contributed by atoms with Crippen LogP contribution in [0, 0.1) is 6.92 Å². The molecule has 1 aromatic carbocycles. The van der Waals surface area contributed by atoms with Gasteiger partial charge >= 0.3 is 6.18 Å². The maximum atomic E-state index is 13.1. The van der Waals surface area contributed by atoms with Crippen LogP contribution in [0.2, 0.25) is 0 Å². The summed E-state index contributed by atoms with van der Waals surface area (Å²) in [4.78, 5) is 0. The van der Waals surface area contributed by atoms with Crippen molar-refractivity contribution in [1.82, 2.24) is 0 Å². The minimum Gasteiger partial charge on any atom is -0.166 e. The van der Waals surface area contributed by atoms with Gasteiger partial charge in [-0.15, -0.1) is 0 Å². The van der Waals surface area contributed by atoms with Gasteiger partial charge in [0, 0.05) is 0 Å². The molecule has 1 rings (SSSR count). The van der Waals surface area contributed by atoms with Gasteiger partial charge in [-0.1, -0.05) is 39.8 Å². The van der Waals surface area contributed by atoms with Crippen LogP contribution in [0.15, 0.2) is 12.1 Å². The van der Waals surface area contributed by atoms with Crippen molar-refractivity contribution >= 4 is 0 Å². The van der Waals surface area contributed by atoms with E-state index in [9.17, 15) is 13.2 Å². The normalized spacial score (nSPS) is 12.6. The van der Waals surface area contributed by atoms with Crippen LogP contribution < -0.4 is 0 Å². The molecule has 0 atom stereocenters. The molecule has 0 saturated heterocycles. The first-order chi connectivity index (χ1) is 7.66. The smallest absolute Gasteiger partial charge is 0.166 e. The first-order valence-electron chi connectivity index (χ1n) is 5.86. The average molecular weight is 244 g/mol. The molecule has 96 valence electrons. The van der Waals surface area contributed by atoms with Gasteiger partial charge in [-0.05, 0) is 35.4 Å². The molecule has 0 aliphatic heterocycles. The second-order valence-corrected chi connectivity index (χ2v) is 5.05. The summed E-state index contributed by atoms with van der Waals surface area (Å²) in [6.45, 7) is 8.98. The highest BCUT2D eigenvalue weighted by Crippen LogP contribution is 2.39. The van der Waals surface area contributed by atoms with Gasteiger partial charge < -0.3 is 0 Å². The van der Waals surface area contributed by atoms with Crippen LogP contribution in [0.25, 0.3) is 0 Å². The van der Waals surface area contributed by atoms with Gasteiger partial charge in [-0.2, -0.15) is 13.2 Å². The first kappa shape index (κ1) is 14.1. The molecule has 0 saturated carbocycles. The van der Waals surface area contributed by atoms with E-state index in [2.05, 4.69) is 0 Å². The molecule has 0 heterocycles. The maximum Gasteiger partial charge on any atom is 0.416 e. The molecule has 17 heavy (non-hydrogen) atoms. The van der Waals surface area contributed by atoms with Gasteiger partial charge in [0.05, 0.1) is 5.56 Å². The largest absolute Gasteiger partial charge is 0.416 e. The molecule has 0 aliphatic rings. The fraction of sp³-hybridized carbons (Fsp3) is 0.571. The van der Waals surface area contributed by atoms with Crippen molar-refractivity contribution in [3.63, 3.8) is 0 Å². The molecule has 0 aliphatic carbocycles. The SMILES string of the molecule is Cc1c(C(C)C)ccc(C(C)C)c1C(F)(F)F. The van der Waals surface area contributed by atoms with Crippen molar-refractivity contribution in [2.24, 2.45) is 0 Å². The van der Waals surface area contributed by atoms with Crippen molar-refractivity contribution in [3.05, 3.63) is 34.4 Å². The lowest BCUT2D eigenvalue weighted by Crippen LogP contribution is -2.14. The Morgan fingerprint density at radius 1 is 0.882 bits per heavy atom. The summed E-state index contributed by atoms with van der Waals surface area (Å²) in [7, 11) is 0. The highest BCUT2D eigenvalue weighted by molar-refractivity contribution is 5.44. The van der Waals surface area contributed by atoms with Crippen LogP contribution in [-0.2, 0) is 6.18 Å². The van der Waals surface area contributed by atoms with Gasteiger partial charge in [0.1, 0.15) is 0 Å². The van der Waals surface area contributed by atoms with Crippen molar-refractivity contribution < 1.29 is 13.2 Å². The quantitative estimate of drug-likeness (QED) is 0.665. The van der Waals surface area contributed by atoms with Crippen molar-refractivity contribution in [1.29, 1.82) is 0 Å². The molecule has 0 aromatic heterocycles. The monoisotopic (exact) mass is 244 g/mol. The summed E-state index contributed by atoms with van der Waals surface area (Å²) in [5, 5.41) is 0. The number of hydrogen-bond donors (Lipinski definition) is 0. The Labute approximate surface area is 101 Å². The van der Waals surface area contributed by atoms with Crippen molar-refractivity contribution in [2.75, 3.05) is 0 Å². The molecule has 0 spiro atoms. The van der Waals surface area contributed by atoms with Crippen molar-refractivity contribution in [2.45, 2.75) is 52.6 Å². The molecule has 0 unspecified atom stereocenters. The van der Waals surface area contributed by atoms with Gasteiger partial charge in [-0.3, -0.25) is 0 Å². The zero-order valence-electron chi connectivity index (χ0n) is 10.9. The van der Waals surface area contributed by atoms with E-state index in [1.54, 1.807) is 26.8 Å². The molecule has 0 radical (unpaired) electrons. The topological polar surface area (TPSA) is 0 Å². The number of benzene rings is 1. The van der Waals surface area contributed by atoms with E-state index in [1.807, 2.05) is 19.9 Å². The summed E-state index contributed by atoms with van der Waals surface area (Å²) in [6.07, 6.45) is -4.27. The first-order valence-corrected chi connectivity index (χ1v) is 5.86. The Hall–Kier alpha value is -0.990. The number of rotatable bonds is 2. The van der Waals surface area contributed by atoms with Gasteiger partial charge in [0.2, 0.25) is 0 Å². The zero-order chi connectivity index (χ0) is 13.4. The fourth-order valence-electron chi connectivity index (χ4n) is 2.23. The van der Waals surface area contributed by atoms with Crippen molar-refractivity contribution in [3.8, 4) is 0 Å². The third kappa shape index (κ3) is 2.82. The lowest BCUT2D eigenvalue weighted by atomic mass is 9.87. The molecule has 0 bridgehead atoms. The van der Waals surface area contributed by atoms with E-state index in [0.717, 1.165) is 5.56 Å². The van der Waals surface area contributed by atoms with Crippen LogP contribution in [0.5, 0.6) is 0 Å². The predicted molar refractivity (Wildman–Crippen MR) is 64.4 cm³/mol. The maximum absolute atomic E-state index is 13.1. The van der Waals surface area contributed by atoms with E-state index in [-0.39, 0.29) is 11.8 Å². The zero-order valence-corrected chi connectivity index (χ0v) is 10.9. The second kappa shape index (κ2) is 4.71. The number of alkyl halides is 3. The standard InChI is InChI=1S/C14H19F3/c1-8(2)11-6-7-12(9(3)4)13(10(11)5)14(15,16)17/h6-9H,1-5H3. The third-order valence-corrected chi connectivity index (χ3v) is 3.07. The Morgan fingerprint density at radius 2 is 1.29 bits per heavy atom. The fourth-order valence-corrected chi connectivity index (χ4v) is 2.23. The highest BCUT2D eigenvalue weighted by Gasteiger charge is 2.36. The van der Waals surface area contributed by atoms with Crippen LogP contribution in [0.4, 0.5) is 13.2 Å². The summed E-state index contributed by atoms with van der Waals surface area (Å²) in [6, 6.07) is 3.44. The lowest BCUT2D eigenvalue weighted by molar-refractivity contribution is -0.138. The number of hydrogen-bond acceptors (Lipinski definition) is 0. The highest BCUT2D eigenvalue weighted by atomic mass is 19.4. The van der Waals surface area contributed by atoms with Crippen LogP contribution in [0.3, 0.4) is 0 Å². The van der Waals surface area contributed by atoms with Crippen LogP contribution in [-0.4, -0.2) is 0 Å². The molecule has 0 nitrogen and oxygen atoms in total. The van der Waals surface area contributed by atoms with E-state index < -0.39 is 11.7 Å². The summed E-state index contributed by atoms with van der Waals surface area (Å²) in [5.41, 5.74) is 1.10. The van der Waals surface area contributed by atoms with Gasteiger partial charge in [0.15, 0.2) is 0 Å².